The largest absolute Gasteiger partial charge is 0.389 e. The standard InChI is InChI=1S/C15H21F3N2S.2ClH/c1-21-13-4-2-12(3-5-13)14(6-7-15(16,17)18)20-10-8-19-9-11-20;;/h2-5,14,19H,6-11H2,1H3;2*1H/t14-;;/m1../s1. The van der Waals surface area contributed by atoms with Gasteiger partial charge >= 0.3 is 6.18 Å². The van der Waals surface area contributed by atoms with E-state index < -0.39 is 12.6 Å². The molecule has 1 aliphatic heterocycles. The molecule has 0 saturated carbocycles. The first-order valence-corrected chi connectivity index (χ1v) is 8.37. The molecule has 1 aromatic rings. The number of rotatable bonds is 5. The van der Waals surface area contributed by atoms with Crippen molar-refractivity contribution >= 4 is 36.6 Å². The number of halogens is 5. The van der Waals surface area contributed by atoms with Crippen molar-refractivity contribution in [3.63, 3.8) is 0 Å². The lowest BCUT2D eigenvalue weighted by molar-refractivity contribution is -0.138. The molecule has 1 aliphatic rings. The van der Waals surface area contributed by atoms with Gasteiger partial charge in [0.15, 0.2) is 0 Å². The molecular formula is C15H23Cl2F3N2S. The summed E-state index contributed by atoms with van der Waals surface area (Å²) in [6, 6.07) is 7.76. The van der Waals surface area contributed by atoms with E-state index in [1.807, 2.05) is 30.5 Å². The Kier molecular flexibility index (Phi) is 10.6. The molecule has 1 fully saturated rings. The van der Waals surface area contributed by atoms with Gasteiger partial charge in [0.25, 0.3) is 0 Å². The number of thioether (sulfide) groups is 1. The van der Waals surface area contributed by atoms with E-state index in [0.29, 0.717) is 0 Å². The van der Waals surface area contributed by atoms with Crippen LogP contribution in [0.1, 0.15) is 24.4 Å². The highest BCUT2D eigenvalue weighted by molar-refractivity contribution is 7.98. The Morgan fingerprint density at radius 3 is 2.17 bits per heavy atom. The molecule has 1 N–H and O–H groups in total. The molecule has 2 nitrogen and oxygen atoms in total. The van der Waals surface area contributed by atoms with Crippen molar-refractivity contribution in [2.24, 2.45) is 0 Å². The SMILES string of the molecule is CSc1ccc([C@@H](CCC(F)(F)F)N2CCNCC2)cc1.Cl.Cl. The summed E-state index contributed by atoms with van der Waals surface area (Å²) in [7, 11) is 0. The van der Waals surface area contributed by atoms with Crippen LogP contribution in [-0.2, 0) is 0 Å². The van der Waals surface area contributed by atoms with Crippen molar-refractivity contribution in [3.8, 4) is 0 Å². The van der Waals surface area contributed by atoms with Crippen LogP contribution in [0.4, 0.5) is 13.2 Å². The highest BCUT2D eigenvalue weighted by Crippen LogP contribution is 2.32. The maximum absolute atomic E-state index is 12.6. The minimum absolute atomic E-state index is 0. The molecule has 1 aromatic carbocycles. The molecule has 0 unspecified atom stereocenters. The Hall–Kier alpha value is -0.140. The van der Waals surface area contributed by atoms with Gasteiger partial charge in [-0.25, -0.2) is 0 Å². The molecular weight excluding hydrogens is 368 g/mol. The highest BCUT2D eigenvalue weighted by atomic mass is 35.5. The third-order valence-corrected chi connectivity index (χ3v) is 4.54. The van der Waals surface area contributed by atoms with Crippen molar-refractivity contribution in [1.29, 1.82) is 0 Å². The van der Waals surface area contributed by atoms with Crippen LogP contribution >= 0.6 is 36.6 Å². The predicted octanol–water partition coefficient (Wildman–Crippen LogP) is 4.54. The monoisotopic (exact) mass is 390 g/mol. The lowest BCUT2D eigenvalue weighted by Crippen LogP contribution is -2.45. The first kappa shape index (κ1) is 22.9. The summed E-state index contributed by atoms with van der Waals surface area (Å²) >= 11 is 1.64. The van der Waals surface area contributed by atoms with E-state index in [2.05, 4.69) is 10.2 Å². The Morgan fingerprint density at radius 1 is 1.13 bits per heavy atom. The van der Waals surface area contributed by atoms with Gasteiger partial charge in [0.1, 0.15) is 0 Å². The van der Waals surface area contributed by atoms with E-state index in [9.17, 15) is 13.2 Å². The van der Waals surface area contributed by atoms with Crippen molar-refractivity contribution in [2.45, 2.75) is 30.0 Å². The average Bonchev–Trinajstić information content (AvgIpc) is 2.48. The van der Waals surface area contributed by atoms with Gasteiger partial charge in [-0.05, 0) is 30.4 Å². The predicted molar refractivity (Wildman–Crippen MR) is 95.2 cm³/mol. The van der Waals surface area contributed by atoms with E-state index in [4.69, 9.17) is 0 Å². The van der Waals surface area contributed by atoms with Gasteiger partial charge in [-0.1, -0.05) is 12.1 Å². The zero-order valence-electron chi connectivity index (χ0n) is 12.9. The molecule has 0 spiro atoms. The number of piperazine rings is 1. The zero-order valence-corrected chi connectivity index (χ0v) is 15.4. The summed E-state index contributed by atoms with van der Waals surface area (Å²) < 4.78 is 37.8. The topological polar surface area (TPSA) is 15.3 Å². The number of hydrogen-bond donors (Lipinski definition) is 1. The van der Waals surface area contributed by atoms with E-state index in [0.717, 1.165) is 36.6 Å². The minimum Gasteiger partial charge on any atom is -0.314 e. The second-order valence-electron chi connectivity index (χ2n) is 5.23. The van der Waals surface area contributed by atoms with Crippen LogP contribution in [0.15, 0.2) is 29.2 Å². The Balaban J connectivity index is 0.00000242. The number of alkyl halides is 3. The van der Waals surface area contributed by atoms with E-state index in [1.165, 1.54) is 0 Å². The summed E-state index contributed by atoms with van der Waals surface area (Å²) in [6.07, 6.45) is -2.70. The first-order chi connectivity index (χ1) is 9.99. The molecule has 1 saturated heterocycles. The smallest absolute Gasteiger partial charge is 0.314 e. The third-order valence-electron chi connectivity index (χ3n) is 3.79. The van der Waals surface area contributed by atoms with Crippen LogP contribution in [0.3, 0.4) is 0 Å². The first-order valence-electron chi connectivity index (χ1n) is 7.15. The number of benzene rings is 1. The Bertz CT molecular complexity index is 437. The summed E-state index contributed by atoms with van der Waals surface area (Å²) in [5, 5.41) is 3.24. The summed E-state index contributed by atoms with van der Waals surface area (Å²) in [6.45, 7) is 3.27. The summed E-state index contributed by atoms with van der Waals surface area (Å²) in [5.41, 5.74) is 0.985. The van der Waals surface area contributed by atoms with E-state index in [-0.39, 0.29) is 37.3 Å². The molecule has 2 rings (SSSR count). The number of nitrogens with zero attached hydrogens (tertiary/aromatic N) is 1. The Labute approximate surface area is 152 Å². The second kappa shape index (κ2) is 10.7. The number of hydrogen-bond acceptors (Lipinski definition) is 3. The lowest BCUT2D eigenvalue weighted by atomic mass is 9.99. The van der Waals surface area contributed by atoms with Crippen LogP contribution in [0, 0.1) is 0 Å². The number of nitrogens with one attached hydrogen (secondary N) is 1. The summed E-state index contributed by atoms with van der Waals surface area (Å²) in [5.74, 6) is 0. The van der Waals surface area contributed by atoms with E-state index >= 15 is 0 Å². The molecule has 134 valence electrons. The highest BCUT2D eigenvalue weighted by Gasteiger charge is 2.31. The molecule has 1 heterocycles. The normalized spacial score (nSPS) is 17.0. The van der Waals surface area contributed by atoms with Crippen molar-refractivity contribution < 1.29 is 13.2 Å². The maximum atomic E-state index is 12.6. The van der Waals surface area contributed by atoms with E-state index in [1.54, 1.807) is 11.8 Å². The van der Waals surface area contributed by atoms with Crippen LogP contribution in [-0.4, -0.2) is 43.5 Å². The minimum atomic E-state index is -4.09. The van der Waals surface area contributed by atoms with Gasteiger partial charge in [0.05, 0.1) is 0 Å². The Morgan fingerprint density at radius 2 is 1.70 bits per heavy atom. The van der Waals surface area contributed by atoms with Gasteiger partial charge in [0, 0.05) is 43.5 Å². The molecule has 8 heteroatoms. The molecule has 0 amide bonds. The quantitative estimate of drug-likeness (QED) is 0.742. The lowest BCUT2D eigenvalue weighted by Gasteiger charge is -2.35. The fourth-order valence-electron chi connectivity index (χ4n) is 2.68. The van der Waals surface area contributed by atoms with Crippen LogP contribution < -0.4 is 5.32 Å². The van der Waals surface area contributed by atoms with Gasteiger partial charge in [-0.3, -0.25) is 4.90 Å². The zero-order chi connectivity index (χ0) is 15.3. The fourth-order valence-corrected chi connectivity index (χ4v) is 3.09. The van der Waals surface area contributed by atoms with Gasteiger partial charge in [-0.15, -0.1) is 36.6 Å². The van der Waals surface area contributed by atoms with Gasteiger partial charge in [0.2, 0.25) is 0 Å². The fraction of sp³-hybridized carbons (Fsp3) is 0.600. The van der Waals surface area contributed by atoms with Crippen LogP contribution in [0.2, 0.25) is 0 Å². The van der Waals surface area contributed by atoms with Crippen LogP contribution in [0.25, 0.3) is 0 Å². The molecule has 23 heavy (non-hydrogen) atoms. The maximum Gasteiger partial charge on any atom is 0.389 e. The second-order valence-corrected chi connectivity index (χ2v) is 6.11. The van der Waals surface area contributed by atoms with Crippen molar-refractivity contribution in [3.05, 3.63) is 29.8 Å². The molecule has 0 aliphatic carbocycles. The van der Waals surface area contributed by atoms with Crippen molar-refractivity contribution in [2.75, 3.05) is 32.4 Å². The van der Waals surface area contributed by atoms with Gasteiger partial charge < -0.3 is 5.32 Å². The average molecular weight is 391 g/mol. The molecule has 0 aromatic heterocycles. The van der Waals surface area contributed by atoms with Gasteiger partial charge in [-0.2, -0.15) is 13.2 Å². The van der Waals surface area contributed by atoms with Crippen LogP contribution in [0.5, 0.6) is 0 Å². The molecule has 0 radical (unpaired) electrons. The third kappa shape index (κ3) is 7.52. The summed E-state index contributed by atoms with van der Waals surface area (Å²) in [4.78, 5) is 3.30. The molecule has 1 atom stereocenters. The molecule has 0 bridgehead atoms. The van der Waals surface area contributed by atoms with Crippen molar-refractivity contribution in [1.82, 2.24) is 10.2 Å².